The lowest BCUT2D eigenvalue weighted by atomic mass is 9.95. The summed E-state index contributed by atoms with van der Waals surface area (Å²) in [6.45, 7) is 3.17. The first-order valence-corrected chi connectivity index (χ1v) is 16.0. The normalized spacial score (nSPS) is 14.5. The number of aryl methyl sites for hydroxylation is 1. The number of nitrogens with zero attached hydrogens (tertiary/aromatic N) is 3. The number of amides is 2. The SMILES string of the molecule is CCC(C(=O)NC1CCCCC1)N(Cc1ccccc1C)C(=O)CN(c1cccc([N+](=O)[O-])c1)S(=O)(=O)c1ccccc1. The molecule has 1 N–H and O–H groups in total. The van der Waals surface area contributed by atoms with Crippen LogP contribution >= 0.6 is 0 Å². The largest absolute Gasteiger partial charge is 0.352 e. The zero-order valence-corrected chi connectivity index (χ0v) is 25.3. The van der Waals surface area contributed by atoms with Crippen LogP contribution in [0.1, 0.15) is 56.6 Å². The molecule has 3 aromatic rings. The molecule has 1 aliphatic rings. The molecular formula is C32H38N4O6S. The molecule has 1 aliphatic carbocycles. The van der Waals surface area contributed by atoms with Crippen LogP contribution in [-0.2, 0) is 26.2 Å². The van der Waals surface area contributed by atoms with E-state index in [4.69, 9.17) is 0 Å². The molecule has 1 unspecified atom stereocenters. The zero-order chi connectivity index (χ0) is 31.0. The number of benzene rings is 3. The van der Waals surface area contributed by atoms with Gasteiger partial charge in [0.15, 0.2) is 0 Å². The van der Waals surface area contributed by atoms with Crippen LogP contribution in [-0.4, -0.2) is 48.7 Å². The molecule has 43 heavy (non-hydrogen) atoms. The molecule has 11 heteroatoms. The van der Waals surface area contributed by atoms with E-state index in [9.17, 15) is 28.1 Å². The summed E-state index contributed by atoms with van der Waals surface area (Å²) < 4.78 is 28.7. The third kappa shape index (κ3) is 7.78. The van der Waals surface area contributed by atoms with Gasteiger partial charge in [-0.2, -0.15) is 0 Å². The Morgan fingerprint density at radius 2 is 1.65 bits per heavy atom. The summed E-state index contributed by atoms with van der Waals surface area (Å²) in [7, 11) is -4.32. The molecule has 3 aromatic carbocycles. The molecule has 1 saturated carbocycles. The maximum absolute atomic E-state index is 14.2. The van der Waals surface area contributed by atoms with Crippen molar-refractivity contribution in [1.82, 2.24) is 10.2 Å². The van der Waals surface area contributed by atoms with E-state index < -0.39 is 33.4 Å². The van der Waals surface area contributed by atoms with Crippen molar-refractivity contribution in [2.75, 3.05) is 10.8 Å². The maximum Gasteiger partial charge on any atom is 0.271 e. The smallest absolute Gasteiger partial charge is 0.271 e. The zero-order valence-electron chi connectivity index (χ0n) is 24.5. The lowest BCUT2D eigenvalue weighted by molar-refractivity contribution is -0.384. The number of nitrogens with one attached hydrogen (secondary N) is 1. The van der Waals surface area contributed by atoms with Crippen LogP contribution in [0.2, 0.25) is 0 Å². The topological polar surface area (TPSA) is 130 Å². The van der Waals surface area contributed by atoms with Gasteiger partial charge in [0.2, 0.25) is 11.8 Å². The van der Waals surface area contributed by atoms with Gasteiger partial charge in [-0.15, -0.1) is 0 Å². The van der Waals surface area contributed by atoms with E-state index >= 15 is 0 Å². The summed E-state index contributed by atoms with van der Waals surface area (Å²) in [6, 6.07) is 19.5. The van der Waals surface area contributed by atoms with E-state index in [2.05, 4.69) is 5.32 Å². The van der Waals surface area contributed by atoms with Crippen molar-refractivity contribution >= 4 is 33.2 Å². The Hall–Kier alpha value is -4.25. The Morgan fingerprint density at radius 1 is 0.977 bits per heavy atom. The van der Waals surface area contributed by atoms with Crippen LogP contribution in [0.15, 0.2) is 83.8 Å². The average Bonchev–Trinajstić information content (AvgIpc) is 3.01. The van der Waals surface area contributed by atoms with Gasteiger partial charge in [0, 0.05) is 24.7 Å². The summed E-state index contributed by atoms with van der Waals surface area (Å²) >= 11 is 0. The highest BCUT2D eigenvalue weighted by Crippen LogP contribution is 2.28. The van der Waals surface area contributed by atoms with Crippen molar-refractivity contribution in [3.8, 4) is 0 Å². The van der Waals surface area contributed by atoms with Gasteiger partial charge in [-0.3, -0.25) is 24.0 Å². The number of nitro benzene ring substituents is 1. The Kier molecular flexibility index (Phi) is 10.5. The fraction of sp³-hybridized carbons (Fsp3) is 0.375. The highest BCUT2D eigenvalue weighted by molar-refractivity contribution is 7.92. The van der Waals surface area contributed by atoms with Gasteiger partial charge in [-0.05, 0) is 55.5 Å². The van der Waals surface area contributed by atoms with Crippen LogP contribution in [0.3, 0.4) is 0 Å². The van der Waals surface area contributed by atoms with Crippen LogP contribution in [0, 0.1) is 17.0 Å². The number of sulfonamides is 1. The van der Waals surface area contributed by atoms with Crippen LogP contribution in [0.4, 0.5) is 11.4 Å². The highest BCUT2D eigenvalue weighted by Gasteiger charge is 2.35. The van der Waals surface area contributed by atoms with Crippen LogP contribution in [0.5, 0.6) is 0 Å². The number of hydrogen-bond donors (Lipinski definition) is 1. The molecule has 0 aliphatic heterocycles. The number of rotatable bonds is 12. The molecule has 2 amide bonds. The van der Waals surface area contributed by atoms with Crippen molar-refractivity contribution in [1.29, 1.82) is 0 Å². The molecule has 1 fully saturated rings. The van der Waals surface area contributed by atoms with E-state index in [0.29, 0.717) is 6.42 Å². The maximum atomic E-state index is 14.2. The van der Waals surface area contributed by atoms with E-state index in [1.54, 1.807) is 18.2 Å². The first-order chi connectivity index (χ1) is 20.6. The van der Waals surface area contributed by atoms with Gasteiger partial charge in [-0.1, -0.05) is 74.7 Å². The Labute approximate surface area is 252 Å². The van der Waals surface area contributed by atoms with Crippen molar-refractivity contribution in [2.24, 2.45) is 0 Å². The molecule has 0 spiro atoms. The second-order valence-corrected chi connectivity index (χ2v) is 12.7. The Morgan fingerprint density at radius 3 is 2.30 bits per heavy atom. The monoisotopic (exact) mass is 606 g/mol. The number of anilines is 1. The van der Waals surface area contributed by atoms with Crippen LogP contribution < -0.4 is 9.62 Å². The minimum absolute atomic E-state index is 0.0260. The van der Waals surface area contributed by atoms with E-state index in [0.717, 1.165) is 53.6 Å². The fourth-order valence-electron chi connectivity index (χ4n) is 5.44. The van der Waals surface area contributed by atoms with Crippen molar-refractivity contribution in [3.05, 3.63) is 100 Å². The van der Waals surface area contributed by atoms with E-state index in [-0.39, 0.29) is 34.8 Å². The number of hydrogen-bond acceptors (Lipinski definition) is 6. The van der Waals surface area contributed by atoms with E-state index in [1.165, 1.54) is 35.2 Å². The quantitative estimate of drug-likeness (QED) is 0.218. The van der Waals surface area contributed by atoms with Gasteiger partial charge in [0.05, 0.1) is 15.5 Å². The highest BCUT2D eigenvalue weighted by atomic mass is 32.2. The van der Waals surface area contributed by atoms with Gasteiger partial charge >= 0.3 is 0 Å². The Bertz CT molecular complexity index is 1540. The molecule has 228 valence electrons. The lowest BCUT2D eigenvalue weighted by Gasteiger charge is -2.34. The summed E-state index contributed by atoms with van der Waals surface area (Å²) in [5, 5.41) is 14.7. The second-order valence-electron chi connectivity index (χ2n) is 10.8. The lowest BCUT2D eigenvalue weighted by Crippen LogP contribution is -2.54. The molecule has 0 saturated heterocycles. The summed E-state index contributed by atoms with van der Waals surface area (Å²) in [5.41, 5.74) is 1.41. The summed E-state index contributed by atoms with van der Waals surface area (Å²) in [4.78, 5) is 40.2. The third-order valence-electron chi connectivity index (χ3n) is 7.88. The first kappa shape index (κ1) is 31.7. The first-order valence-electron chi connectivity index (χ1n) is 14.6. The number of non-ortho nitro benzene ring substituents is 1. The third-order valence-corrected chi connectivity index (χ3v) is 9.67. The molecule has 0 aromatic heterocycles. The predicted octanol–water partition coefficient (Wildman–Crippen LogP) is 5.35. The predicted molar refractivity (Wildman–Crippen MR) is 165 cm³/mol. The second kappa shape index (κ2) is 14.3. The van der Waals surface area contributed by atoms with Gasteiger partial charge in [0.1, 0.15) is 12.6 Å². The minimum atomic E-state index is -4.32. The fourth-order valence-corrected chi connectivity index (χ4v) is 6.87. The molecule has 4 rings (SSSR count). The molecule has 0 heterocycles. The minimum Gasteiger partial charge on any atom is -0.352 e. The molecular weight excluding hydrogens is 568 g/mol. The van der Waals surface area contributed by atoms with Crippen molar-refractivity contribution in [3.63, 3.8) is 0 Å². The number of carbonyl (C=O) groups excluding carboxylic acids is 2. The van der Waals surface area contributed by atoms with Crippen molar-refractivity contribution < 1.29 is 22.9 Å². The van der Waals surface area contributed by atoms with E-state index in [1.807, 2.05) is 38.1 Å². The average molecular weight is 607 g/mol. The summed E-state index contributed by atoms with van der Waals surface area (Å²) in [6.07, 6.45) is 5.27. The summed E-state index contributed by atoms with van der Waals surface area (Å²) in [5.74, 6) is -0.871. The molecule has 0 radical (unpaired) electrons. The van der Waals surface area contributed by atoms with Gasteiger partial charge < -0.3 is 10.2 Å². The molecule has 0 bridgehead atoms. The van der Waals surface area contributed by atoms with Crippen molar-refractivity contribution in [2.45, 2.75) is 75.9 Å². The number of carbonyl (C=O) groups is 2. The Balaban J connectivity index is 1.74. The van der Waals surface area contributed by atoms with Crippen LogP contribution in [0.25, 0.3) is 0 Å². The standard InChI is InChI=1S/C32H38N4O6S/c1-3-30(32(38)33-26-15-6-4-7-16-26)34(22-25-14-11-10-13-24(25)2)31(37)23-35(27-17-12-18-28(21-27)36(39)40)43(41,42)29-19-8-5-9-20-29/h5,8-14,17-21,26,30H,3-4,6-7,15-16,22-23H2,1-2H3,(H,33,38). The van der Waals surface area contributed by atoms with Gasteiger partial charge in [0.25, 0.3) is 15.7 Å². The van der Waals surface area contributed by atoms with Gasteiger partial charge in [-0.25, -0.2) is 8.42 Å². The number of nitro groups is 1. The molecule has 1 atom stereocenters. The molecule has 10 nitrogen and oxygen atoms in total.